The van der Waals surface area contributed by atoms with Crippen molar-refractivity contribution < 1.29 is 66.3 Å². The zero-order chi connectivity index (χ0) is 75.1. The van der Waals surface area contributed by atoms with Gasteiger partial charge in [0.05, 0.1) is 49.3 Å². The monoisotopic (exact) mass is 1470 g/mol. The van der Waals surface area contributed by atoms with Crippen LogP contribution in [-0.2, 0) is 6.61 Å². The third kappa shape index (κ3) is 14.2. The van der Waals surface area contributed by atoms with E-state index in [-0.39, 0.29) is 18.3 Å². The van der Waals surface area contributed by atoms with E-state index in [2.05, 4.69) is 22.1 Å². The molecule has 2 aliphatic carbocycles. The minimum Gasteiger partial charge on any atom is -0.497 e. The lowest BCUT2D eigenvalue weighted by Crippen LogP contribution is -2.16. The molecule has 22 nitrogen and oxygen atoms in total. The lowest BCUT2D eigenvalue weighted by Gasteiger charge is -2.18. The van der Waals surface area contributed by atoms with Gasteiger partial charge in [0.15, 0.2) is 57.8 Å². The molecular formula is C89H70N8O14. The Morgan fingerprint density at radius 2 is 0.577 bits per heavy atom. The number of nitrogens with one attached hydrogen (secondary N) is 2. The Hall–Kier alpha value is -14.3. The van der Waals surface area contributed by atoms with E-state index in [1.807, 2.05) is 224 Å². The van der Waals surface area contributed by atoms with Gasteiger partial charge in [-0.05, 0) is 248 Å². The molecule has 0 amide bonds. The highest BCUT2D eigenvalue weighted by atomic mass is 16.5. The van der Waals surface area contributed by atoms with E-state index in [9.17, 15) is 0 Å². The van der Waals surface area contributed by atoms with Crippen LogP contribution < -0.4 is 66.3 Å². The minimum atomic E-state index is 0.230. The molecule has 10 bridgehead atoms. The molecule has 3 unspecified atom stereocenters. The number of aromatic nitrogens is 8. The van der Waals surface area contributed by atoms with Gasteiger partial charge in [0.1, 0.15) is 110 Å². The molecule has 550 valence electrons. The maximum Gasteiger partial charge on any atom is 0.170 e. The van der Waals surface area contributed by atoms with Gasteiger partial charge < -0.3 is 76.3 Å². The number of fused-ring (bicyclic) bond motifs is 22. The van der Waals surface area contributed by atoms with Crippen LogP contribution in [0.3, 0.4) is 0 Å². The summed E-state index contributed by atoms with van der Waals surface area (Å²) in [5.74, 6) is 13.1. The summed E-state index contributed by atoms with van der Waals surface area (Å²) in [6.07, 6.45) is 7.12. The topological polar surface area (TPSA) is 238 Å². The van der Waals surface area contributed by atoms with Crippen molar-refractivity contribution in [3.8, 4) is 161 Å². The van der Waals surface area contributed by atoms with E-state index in [1.54, 1.807) is 42.7 Å². The van der Waals surface area contributed by atoms with Crippen LogP contribution in [0.5, 0.6) is 115 Å². The third-order valence-electron chi connectivity index (χ3n) is 19.9. The fourth-order valence-corrected chi connectivity index (χ4v) is 14.1. The van der Waals surface area contributed by atoms with Gasteiger partial charge in [-0.15, -0.1) is 0 Å². The van der Waals surface area contributed by atoms with Crippen molar-refractivity contribution in [1.82, 2.24) is 39.9 Å². The first-order valence-electron chi connectivity index (χ1n) is 36.0. The smallest absolute Gasteiger partial charge is 0.170 e. The molecule has 0 spiro atoms. The lowest BCUT2D eigenvalue weighted by atomic mass is 9.95. The predicted molar refractivity (Wildman–Crippen MR) is 420 cm³/mol. The van der Waals surface area contributed by atoms with Crippen molar-refractivity contribution in [1.29, 1.82) is 0 Å². The van der Waals surface area contributed by atoms with Crippen LogP contribution in [0, 0.1) is 17.8 Å². The molecule has 1 fully saturated rings. The Kier molecular flexibility index (Phi) is 18.2. The standard InChI is InChI=1S/C89H70N8O14/c1-98-54-13-25-61(26-14-54)106-76-42-70-71(43-77(76)107-62-27-15-55(99-2)16-28-62)86-93-84(70)91-82-68-38-37-67(104-48-50-8-11-60(12-9-50)105-49-53-40-51-7-10-52(53)39-51)41-69(68)83(90-82)92-85-72-44-78(108-63-29-17-56(100-3)18-30-63)79(109-64-31-19-57(101-4)20-32-64)45-73(72)87(94-85)96-89-75-47-81(111-66-35-23-59(103-6)24-36-66)80(46-74(75)88(95-86)97-89)110-65-33-21-58(102-5)22-34-65/h7-38,41-47,51-53H,39-40,48-49H2,1-6H3,(H2,90,91,92,93,94,95,96,97). The summed E-state index contributed by atoms with van der Waals surface area (Å²) in [7, 11) is 9.66. The van der Waals surface area contributed by atoms with Gasteiger partial charge in [-0.25, -0.2) is 29.9 Å². The number of aromatic amines is 2. The molecule has 1 saturated carbocycles. The fraction of sp³-hybridized carbons (Fsp3) is 0.146. The van der Waals surface area contributed by atoms with Crippen LogP contribution in [0.2, 0.25) is 0 Å². The Morgan fingerprint density at radius 1 is 0.279 bits per heavy atom. The van der Waals surface area contributed by atoms with Crippen molar-refractivity contribution >= 4 is 44.1 Å². The van der Waals surface area contributed by atoms with Gasteiger partial charge in [0.2, 0.25) is 0 Å². The van der Waals surface area contributed by atoms with E-state index in [0.717, 1.165) is 11.3 Å². The molecule has 18 rings (SSSR count). The number of ether oxygens (including phenoxy) is 14. The fourth-order valence-electron chi connectivity index (χ4n) is 14.1. The minimum absolute atomic E-state index is 0.230. The Labute approximate surface area is 636 Å². The highest BCUT2D eigenvalue weighted by molar-refractivity contribution is 6.08. The highest BCUT2D eigenvalue weighted by Crippen LogP contribution is 2.50. The Bertz CT molecular complexity index is 6060. The van der Waals surface area contributed by atoms with E-state index < -0.39 is 0 Å². The number of benzene rings is 11. The average Bonchev–Trinajstić information content (AvgIpc) is 1.59. The maximum atomic E-state index is 6.83. The SMILES string of the molecule is COc1ccc(Oc2cc3c(cc2Oc2ccc(OC)cc2)-c2nc-3nc3[nH]c(nc4nc(nc5[nH]c(n2)c2cc(Oc6ccc(OC)cc6)c(Oc6ccc(OC)cc6)cc52)-c2cc(OCc5ccc(OCC6CC7C=CC6C7)cc5)ccc2-4)c2cc(Oc4ccc(OC)cc4)c(Oc4ccc(OC)cc4)cc32)cc1. The molecule has 111 heavy (non-hydrogen) atoms. The van der Waals surface area contributed by atoms with Crippen molar-refractivity contribution in [3.63, 3.8) is 0 Å². The maximum absolute atomic E-state index is 6.83. The molecule has 3 atom stereocenters. The molecule has 4 aliphatic rings. The summed E-state index contributed by atoms with van der Waals surface area (Å²) in [4.78, 5) is 40.1. The first kappa shape index (κ1) is 68.5. The van der Waals surface area contributed by atoms with Crippen LogP contribution in [0.1, 0.15) is 18.4 Å². The van der Waals surface area contributed by atoms with E-state index in [1.165, 1.54) is 12.8 Å². The van der Waals surface area contributed by atoms with Crippen molar-refractivity contribution in [2.24, 2.45) is 17.8 Å². The number of methoxy groups -OCH3 is 6. The molecule has 0 radical (unpaired) electrons. The Balaban J connectivity index is 0.870. The number of hydrogen-bond donors (Lipinski definition) is 2. The van der Waals surface area contributed by atoms with Gasteiger partial charge in [-0.1, -0.05) is 24.3 Å². The molecule has 22 heteroatoms. The van der Waals surface area contributed by atoms with E-state index >= 15 is 0 Å². The predicted octanol–water partition coefficient (Wildman–Crippen LogP) is 20.8. The largest absolute Gasteiger partial charge is 0.497 e. The van der Waals surface area contributed by atoms with Crippen LogP contribution in [0.25, 0.3) is 89.7 Å². The first-order chi connectivity index (χ1) is 54.5. The zero-order valence-corrected chi connectivity index (χ0v) is 61.0. The highest BCUT2D eigenvalue weighted by Gasteiger charge is 2.36. The first-order valence-corrected chi connectivity index (χ1v) is 36.0. The van der Waals surface area contributed by atoms with Crippen LogP contribution in [-0.4, -0.2) is 89.1 Å². The van der Waals surface area contributed by atoms with Gasteiger partial charge >= 0.3 is 0 Å². The quantitative estimate of drug-likeness (QED) is 0.0535. The second-order valence-corrected chi connectivity index (χ2v) is 26.8. The summed E-state index contributed by atoms with van der Waals surface area (Å²) in [5.41, 5.74) is 4.63. The molecule has 2 N–H and O–H groups in total. The van der Waals surface area contributed by atoms with Crippen LogP contribution >= 0.6 is 0 Å². The summed E-state index contributed by atoms with van der Waals surface area (Å²) in [6, 6.07) is 68.6. The molecule has 11 aromatic carbocycles. The zero-order valence-electron chi connectivity index (χ0n) is 61.0. The Morgan fingerprint density at radius 3 is 0.892 bits per heavy atom. The summed E-state index contributed by atoms with van der Waals surface area (Å²) >= 11 is 0. The number of allylic oxidation sites excluding steroid dienone is 2. The molecule has 3 aromatic heterocycles. The lowest BCUT2D eigenvalue weighted by molar-refractivity contribution is 0.227. The number of hydrogen-bond acceptors (Lipinski definition) is 20. The van der Waals surface area contributed by atoms with Gasteiger partial charge in [0, 0.05) is 43.8 Å². The van der Waals surface area contributed by atoms with Gasteiger partial charge in [0.25, 0.3) is 0 Å². The number of rotatable bonds is 24. The summed E-state index contributed by atoms with van der Waals surface area (Å²) < 4.78 is 87.3. The molecule has 14 aromatic rings. The van der Waals surface area contributed by atoms with Crippen LogP contribution in [0.15, 0.2) is 237 Å². The van der Waals surface area contributed by atoms with E-state index in [0.29, 0.717) is 212 Å². The van der Waals surface area contributed by atoms with E-state index in [4.69, 9.17) is 96.2 Å². The average molecular weight is 1480 g/mol. The van der Waals surface area contributed by atoms with Gasteiger partial charge in [-0.3, -0.25) is 0 Å². The van der Waals surface area contributed by atoms with Gasteiger partial charge in [-0.2, -0.15) is 0 Å². The molecule has 5 heterocycles. The number of H-pyrrole nitrogens is 2. The van der Waals surface area contributed by atoms with Crippen LogP contribution in [0.4, 0.5) is 0 Å². The van der Waals surface area contributed by atoms with Crippen molar-refractivity contribution in [3.05, 3.63) is 242 Å². The molecule has 2 aliphatic heterocycles. The second-order valence-electron chi connectivity index (χ2n) is 26.8. The van der Waals surface area contributed by atoms with Crippen molar-refractivity contribution in [2.45, 2.75) is 19.4 Å². The number of nitrogens with zero attached hydrogens (tertiary/aromatic N) is 6. The molecule has 0 saturated heterocycles. The summed E-state index contributed by atoms with van der Waals surface area (Å²) in [5, 5.41) is 2.28. The van der Waals surface area contributed by atoms with Crippen molar-refractivity contribution in [2.75, 3.05) is 49.3 Å². The second kappa shape index (κ2) is 29.5. The molecular weight excluding hydrogens is 1410 g/mol. The summed E-state index contributed by atoms with van der Waals surface area (Å²) in [6.45, 7) is 0.952. The third-order valence-corrected chi connectivity index (χ3v) is 19.9. The normalized spacial score (nSPS) is 14.3.